The normalized spacial score (nSPS) is 35.0. The van der Waals surface area contributed by atoms with Crippen molar-refractivity contribution in [1.29, 1.82) is 0 Å². The molecule has 0 saturated heterocycles. The number of alkyl halides is 3. The standard InChI is InChI=1S/C9H10ClF3O3/c1-8(3-14)4(6(8)7(15)16)2-5(10)9(11,12)13/h2,4,6,14H,3H2,1H3,(H,15,16). The Labute approximate surface area is 94.5 Å². The second-order valence-electron chi connectivity index (χ2n) is 4.02. The van der Waals surface area contributed by atoms with Crippen LogP contribution in [0, 0.1) is 17.3 Å². The fraction of sp³-hybridized carbons (Fsp3) is 0.667. The summed E-state index contributed by atoms with van der Waals surface area (Å²) in [6, 6.07) is 0. The first-order valence-electron chi connectivity index (χ1n) is 4.42. The van der Waals surface area contributed by atoms with Crippen LogP contribution in [0.1, 0.15) is 6.92 Å². The molecule has 2 N–H and O–H groups in total. The number of aliphatic hydroxyl groups excluding tert-OH is 1. The van der Waals surface area contributed by atoms with Crippen molar-refractivity contribution in [1.82, 2.24) is 0 Å². The van der Waals surface area contributed by atoms with E-state index in [1.165, 1.54) is 6.92 Å². The first-order chi connectivity index (χ1) is 7.14. The van der Waals surface area contributed by atoms with E-state index >= 15 is 0 Å². The van der Waals surface area contributed by atoms with Crippen molar-refractivity contribution in [2.45, 2.75) is 13.1 Å². The number of carboxylic acids is 1. The van der Waals surface area contributed by atoms with E-state index in [0.29, 0.717) is 6.08 Å². The van der Waals surface area contributed by atoms with E-state index in [9.17, 15) is 18.0 Å². The monoisotopic (exact) mass is 258 g/mol. The van der Waals surface area contributed by atoms with Crippen LogP contribution in [0.15, 0.2) is 11.1 Å². The predicted octanol–water partition coefficient (Wildman–Crippen LogP) is 2.00. The van der Waals surface area contributed by atoms with E-state index in [1.54, 1.807) is 0 Å². The molecular weight excluding hydrogens is 249 g/mol. The van der Waals surface area contributed by atoms with Crippen molar-refractivity contribution >= 4 is 17.6 Å². The highest BCUT2D eigenvalue weighted by molar-refractivity contribution is 6.30. The fourth-order valence-corrected chi connectivity index (χ4v) is 1.91. The third-order valence-electron chi connectivity index (χ3n) is 2.93. The van der Waals surface area contributed by atoms with Crippen molar-refractivity contribution < 1.29 is 28.2 Å². The molecule has 0 radical (unpaired) electrons. The molecule has 7 heteroatoms. The van der Waals surface area contributed by atoms with Crippen molar-refractivity contribution in [2.24, 2.45) is 17.3 Å². The molecule has 1 fully saturated rings. The summed E-state index contributed by atoms with van der Waals surface area (Å²) in [4.78, 5) is 10.7. The largest absolute Gasteiger partial charge is 0.481 e. The molecule has 1 saturated carbocycles. The molecule has 3 atom stereocenters. The molecule has 1 aliphatic rings. The van der Waals surface area contributed by atoms with Gasteiger partial charge in [0.25, 0.3) is 0 Å². The molecule has 1 aliphatic carbocycles. The first-order valence-corrected chi connectivity index (χ1v) is 4.80. The molecule has 0 aliphatic heterocycles. The van der Waals surface area contributed by atoms with Gasteiger partial charge in [-0.1, -0.05) is 24.6 Å². The second-order valence-corrected chi connectivity index (χ2v) is 4.43. The second kappa shape index (κ2) is 3.92. The Morgan fingerprint density at radius 2 is 2.06 bits per heavy atom. The van der Waals surface area contributed by atoms with Crippen LogP contribution in [0.25, 0.3) is 0 Å². The van der Waals surface area contributed by atoms with Crippen LogP contribution in [0.4, 0.5) is 13.2 Å². The topological polar surface area (TPSA) is 57.5 Å². The molecule has 92 valence electrons. The number of aliphatic hydroxyl groups is 1. The van der Waals surface area contributed by atoms with Crippen LogP contribution in [0.2, 0.25) is 0 Å². The minimum Gasteiger partial charge on any atom is -0.481 e. The first kappa shape index (κ1) is 13.3. The Morgan fingerprint density at radius 3 is 2.31 bits per heavy atom. The minimum absolute atomic E-state index is 0.493. The Balaban J connectivity index is 2.89. The van der Waals surface area contributed by atoms with E-state index in [0.717, 1.165) is 0 Å². The summed E-state index contributed by atoms with van der Waals surface area (Å²) in [5.74, 6) is -3.14. The van der Waals surface area contributed by atoms with E-state index in [2.05, 4.69) is 0 Å². The molecule has 0 aromatic carbocycles. The highest BCUT2D eigenvalue weighted by atomic mass is 35.5. The number of rotatable bonds is 3. The Kier molecular flexibility index (Phi) is 3.27. The third kappa shape index (κ3) is 2.17. The van der Waals surface area contributed by atoms with Crippen LogP contribution in [-0.2, 0) is 4.79 Å². The SMILES string of the molecule is CC1(CO)C(C=C(Cl)C(F)(F)F)C1C(=O)O. The lowest BCUT2D eigenvalue weighted by Gasteiger charge is -2.05. The summed E-state index contributed by atoms with van der Waals surface area (Å²) in [6.07, 6.45) is -4.01. The molecular formula is C9H10ClF3O3. The predicted molar refractivity (Wildman–Crippen MR) is 49.8 cm³/mol. The van der Waals surface area contributed by atoms with Gasteiger partial charge in [-0.2, -0.15) is 13.2 Å². The summed E-state index contributed by atoms with van der Waals surface area (Å²) in [7, 11) is 0. The molecule has 3 nitrogen and oxygen atoms in total. The van der Waals surface area contributed by atoms with Gasteiger partial charge in [0.05, 0.1) is 5.92 Å². The van der Waals surface area contributed by atoms with Gasteiger partial charge in [0.15, 0.2) is 0 Å². The lowest BCUT2D eigenvalue weighted by atomic mass is 10.1. The lowest BCUT2D eigenvalue weighted by molar-refractivity contribution is -0.139. The molecule has 0 aromatic rings. The summed E-state index contributed by atoms with van der Waals surface area (Å²) in [5, 5.41) is 16.3. The summed E-state index contributed by atoms with van der Waals surface area (Å²) in [5.41, 5.74) is -1.06. The number of hydrogen-bond acceptors (Lipinski definition) is 2. The van der Waals surface area contributed by atoms with Crippen molar-refractivity contribution in [3.63, 3.8) is 0 Å². The van der Waals surface area contributed by atoms with Gasteiger partial charge in [-0.15, -0.1) is 0 Å². The number of aliphatic carboxylic acids is 1. The Hall–Kier alpha value is -0.750. The maximum Gasteiger partial charge on any atom is 0.426 e. The van der Waals surface area contributed by atoms with Gasteiger partial charge in [0, 0.05) is 17.9 Å². The highest BCUT2D eigenvalue weighted by Gasteiger charge is 2.64. The zero-order chi connectivity index (χ0) is 12.7. The number of carboxylic acid groups (broad SMARTS) is 1. The van der Waals surface area contributed by atoms with Gasteiger partial charge in [-0.3, -0.25) is 4.79 Å². The molecule has 0 bridgehead atoms. The zero-order valence-electron chi connectivity index (χ0n) is 8.25. The van der Waals surface area contributed by atoms with Crippen molar-refractivity contribution in [3.05, 3.63) is 11.1 Å². The van der Waals surface area contributed by atoms with E-state index in [1.807, 2.05) is 0 Å². The third-order valence-corrected chi connectivity index (χ3v) is 3.27. The number of hydrogen-bond donors (Lipinski definition) is 2. The van der Waals surface area contributed by atoms with Gasteiger partial charge in [0.2, 0.25) is 0 Å². The average Bonchev–Trinajstić information content (AvgIpc) is 2.71. The maximum atomic E-state index is 12.1. The number of carbonyl (C=O) groups is 1. The minimum atomic E-state index is -4.68. The van der Waals surface area contributed by atoms with Gasteiger partial charge in [-0.05, 0) is 0 Å². The van der Waals surface area contributed by atoms with Crippen LogP contribution < -0.4 is 0 Å². The van der Waals surface area contributed by atoms with Crippen molar-refractivity contribution in [2.75, 3.05) is 6.61 Å². The van der Waals surface area contributed by atoms with E-state index in [4.69, 9.17) is 21.8 Å². The number of allylic oxidation sites excluding steroid dienone is 2. The van der Waals surface area contributed by atoms with Crippen LogP contribution in [0.5, 0.6) is 0 Å². The summed E-state index contributed by atoms with van der Waals surface area (Å²) in [6.45, 7) is 0.917. The Bertz CT molecular complexity index is 339. The quantitative estimate of drug-likeness (QED) is 0.814. The van der Waals surface area contributed by atoms with Crippen LogP contribution in [0.3, 0.4) is 0 Å². The maximum absolute atomic E-state index is 12.1. The smallest absolute Gasteiger partial charge is 0.426 e. The van der Waals surface area contributed by atoms with Gasteiger partial charge in [0.1, 0.15) is 5.03 Å². The average molecular weight is 259 g/mol. The lowest BCUT2D eigenvalue weighted by Crippen LogP contribution is -2.10. The summed E-state index contributed by atoms with van der Waals surface area (Å²) >= 11 is 5.01. The highest BCUT2D eigenvalue weighted by Crippen LogP contribution is 2.60. The molecule has 0 aromatic heterocycles. The van der Waals surface area contributed by atoms with E-state index in [-0.39, 0.29) is 0 Å². The van der Waals surface area contributed by atoms with Gasteiger partial charge < -0.3 is 10.2 Å². The molecule has 16 heavy (non-hydrogen) atoms. The van der Waals surface area contributed by atoms with Crippen LogP contribution in [-0.4, -0.2) is 29.0 Å². The van der Waals surface area contributed by atoms with Crippen molar-refractivity contribution in [3.8, 4) is 0 Å². The molecule has 0 spiro atoms. The van der Waals surface area contributed by atoms with Gasteiger partial charge >= 0.3 is 12.1 Å². The number of halogens is 4. The molecule has 3 unspecified atom stereocenters. The molecule has 1 rings (SSSR count). The van der Waals surface area contributed by atoms with E-state index < -0.39 is 41.0 Å². The summed E-state index contributed by atoms with van der Waals surface area (Å²) < 4.78 is 36.3. The molecule has 0 amide bonds. The fourth-order valence-electron chi connectivity index (χ4n) is 1.78. The molecule has 0 heterocycles. The van der Waals surface area contributed by atoms with Crippen LogP contribution >= 0.6 is 11.6 Å². The zero-order valence-corrected chi connectivity index (χ0v) is 9.01. The van der Waals surface area contributed by atoms with Gasteiger partial charge in [-0.25, -0.2) is 0 Å². The Morgan fingerprint density at radius 1 is 1.56 bits per heavy atom.